The van der Waals surface area contributed by atoms with Crippen molar-refractivity contribution in [3.63, 3.8) is 0 Å². The van der Waals surface area contributed by atoms with Crippen LogP contribution in [-0.4, -0.2) is 26.8 Å². The van der Waals surface area contributed by atoms with Gasteiger partial charge in [-0.1, -0.05) is 36.0 Å². The van der Waals surface area contributed by atoms with E-state index in [-0.39, 0.29) is 11.7 Å². The van der Waals surface area contributed by atoms with E-state index in [4.69, 9.17) is 4.74 Å². The third-order valence-electron chi connectivity index (χ3n) is 4.42. The topological polar surface area (TPSA) is 79.9 Å². The second kappa shape index (κ2) is 9.49. The number of ether oxygens (including phenoxy) is 1. The molecule has 1 amide bonds. The van der Waals surface area contributed by atoms with Crippen LogP contribution in [0.25, 0.3) is 11.4 Å². The van der Waals surface area contributed by atoms with Crippen LogP contribution in [0.3, 0.4) is 0 Å². The van der Waals surface area contributed by atoms with E-state index in [1.807, 2.05) is 80.6 Å². The third kappa shape index (κ3) is 5.73. The Labute approximate surface area is 185 Å². The van der Waals surface area contributed by atoms with Crippen LogP contribution < -0.4 is 10.1 Å². The molecule has 2 N–H and O–H groups in total. The summed E-state index contributed by atoms with van der Waals surface area (Å²) in [6.45, 7) is 4.02. The van der Waals surface area contributed by atoms with Crippen molar-refractivity contribution < 1.29 is 9.53 Å². The number of amides is 1. The van der Waals surface area contributed by atoms with E-state index < -0.39 is 0 Å². The molecule has 0 saturated carbocycles. The Kier molecular flexibility index (Phi) is 6.33. The minimum atomic E-state index is -0.0876. The third-order valence-corrected chi connectivity index (χ3v) is 5.28. The minimum Gasteiger partial charge on any atom is -0.457 e. The molecule has 0 bridgehead atoms. The highest BCUT2D eigenvalue weighted by Gasteiger charge is 2.10. The lowest BCUT2D eigenvalue weighted by Crippen LogP contribution is -2.14. The molecule has 3 aromatic carbocycles. The Morgan fingerprint density at radius 1 is 0.935 bits per heavy atom. The maximum Gasteiger partial charge on any atom is 0.234 e. The molecular weight excluding hydrogens is 408 g/mol. The zero-order valence-electron chi connectivity index (χ0n) is 17.3. The van der Waals surface area contributed by atoms with E-state index >= 15 is 0 Å². The second-order valence-corrected chi connectivity index (χ2v) is 8.10. The molecule has 31 heavy (non-hydrogen) atoms. The highest BCUT2D eigenvalue weighted by Crippen LogP contribution is 2.25. The van der Waals surface area contributed by atoms with Crippen LogP contribution in [0.5, 0.6) is 11.5 Å². The lowest BCUT2D eigenvalue weighted by atomic mass is 10.1. The second-order valence-electron chi connectivity index (χ2n) is 7.13. The van der Waals surface area contributed by atoms with Crippen LogP contribution in [-0.2, 0) is 4.79 Å². The van der Waals surface area contributed by atoms with E-state index in [2.05, 4.69) is 26.6 Å². The first kappa shape index (κ1) is 20.7. The molecule has 0 spiro atoms. The van der Waals surface area contributed by atoms with Crippen molar-refractivity contribution in [1.29, 1.82) is 0 Å². The molecule has 156 valence electrons. The Balaban J connectivity index is 1.33. The van der Waals surface area contributed by atoms with Gasteiger partial charge in [0.25, 0.3) is 0 Å². The number of anilines is 1. The van der Waals surface area contributed by atoms with Gasteiger partial charge in [-0.25, -0.2) is 0 Å². The van der Waals surface area contributed by atoms with Gasteiger partial charge in [0, 0.05) is 11.3 Å². The summed E-state index contributed by atoms with van der Waals surface area (Å²) in [4.78, 5) is 15.4. The molecule has 0 unspecified atom stereocenters. The summed E-state index contributed by atoms with van der Waals surface area (Å²) in [5.74, 6) is 2.32. The monoisotopic (exact) mass is 430 g/mol. The van der Waals surface area contributed by atoms with E-state index in [0.717, 1.165) is 33.9 Å². The first-order valence-electron chi connectivity index (χ1n) is 9.82. The van der Waals surface area contributed by atoms with Crippen molar-refractivity contribution in [3.8, 4) is 22.9 Å². The summed E-state index contributed by atoms with van der Waals surface area (Å²) in [6, 6.07) is 23.2. The first-order chi connectivity index (χ1) is 15.0. The van der Waals surface area contributed by atoms with E-state index in [9.17, 15) is 4.79 Å². The summed E-state index contributed by atoms with van der Waals surface area (Å²) >= 11 is 1.31. The standard InChI is InChI=1S/C24H22N4O2S/c1-16-12-17(2)14-19(13-16)25-22(29)15-31-24-26-23(27-28-24)18-8-10-21(11-9-18)30-20-6-4-3-5-7-20/h3-14H,15H2,1-2H3,(H,25,29)(H,26,27,28). The number of thioether (sulfide) groups is 1. The number of para-hydroxylation sites is 1. The molecule has 0 atom stereocenters. The SMILES string of the molecule is Cc1cc(C)cc(NC(=O)CSc2nnc(-c3ccc(Oc4ccccc4)cc3)[nH]2)c1. The summed E-state index contributed by atoms with van der Waals surface area (Å²) in [7, 11) is 0. The van der Waals surface area contributed by atoms with Gasteiger partial charge in [-0.3, -0.25) is 4.79 Å². The van der Waals surface area contributed by atoms with Crippen LogP contribution in [0.1, 0.15) is 11.1 Å². The molecule has 6 nitrogen and oxygen atoms in total. The number of aromatic amines is 1. The molecule has 7 heteroatoms. The van der Waals surface area contributed by atoms with Crippen LogP contribution in [0.2, 0.25) is 0 Å². The Hall–Kier alpha value is -3.58. The maximum absolute atomic E-state index is 12.3. The van der Waals surface area contributed by atoms with Crippen LogP contribution in [0.15, 0.2) is 78.0 Å². The van der Waals surface area contributed by atoms with E-state index in [0.29, 0.717) is 11.0 Å². The minimum absolute atomic E-state index is 0.0876. The number of nitrogens with zero attached hydrogens (tertiary/aromatic N) is 2. The Morgan fingerprint density at radius 3 is 2.32 bits per heavy atom. The lowest BCUT2D eigenvalue weighted by Gasteiger charge is -2.06. The number of rotatable bonds is 7. The Morgan fingerprint density at radius 2 is 1.61 bits per heavy atom. The van der Waals surface area contributed by atoms with Crippen LogP contribution in [0, 0.1) is 13.8 Å². The first-order valence-corrected chi connectivity index (χ1v) is 10.8. The number of carbonyl (C=O) groups is 1. The van der Waals surface area contributed by atoms with Gasteiger partial charge in [0.1, 0.15) is 11.5 Å². The van der Waals surface area contributed by atoms with Crippen molar-refractivity contribution in [1.82, 2.24) is 15.2 Å². The highest BCUT2D eigenvalue weighted by molar-refractivity contribution is 7.99. The molecule has 4 rings (SSSR count). The molecule has 0 saturated heterocycles. The van der Waals surface area contributed by atoms with Gasteiger partial charge in [0.2, 0.25) is 5.91 Å². The quantitative estimate of drug-likeness (QED) is 0.373. The molecular formula is C24H22N4O2S. The lowest BCUT2D eigenvalue weighted by molar-refractivity contribution is -0.113. The number of carbonyl (C=O) groups excluding carboxylic acids is 1. The molecule has 1 heterocycles. The smallest absolute Gasteiger partial charge is 0.234 e. The van der Waals surface area contributed by atoms with Crippen LogP contribution >= 0.6 is 11.8 Å². The van der Waals surface area contributed by atoms with Gasteiger partial charge in [0.15, 0.2) is 11.0 Å². The van der Waals surface area contributed by atoms with Gasteiger partial charge in [-0.05, 0) is 73.5 Å². The summed E-state index contributed by atoms with van der Waals surface area (Å²) < 4.78 is 5.81. The van der Waals surface area contributed by atoms with E-state index in [1.54, 1.807) is 0 Å². The summed E-state index contributed by atoms with van der Waals surface area (Å²) in [5, 5.41) is 11.8. The highest BCUT2D eigenvalue weighted by atomic mass is 32.2. The average molecular weight is 431 g/mol. The van der Waals surface area contributed by atoms with E-state index in [1.165, 1.54) is 11.8 Å². The fourth-order valence-electron chi connectivity index (χ4n) is 3.12. The summed E-state index contributed by atoms with van der Waals surface area (Å²) in [5.41, 5.74) is 3.92. The number of benzene rings is 3. The predicted molar refractivity (Wildman–Crippen MR) is 124 cm³/mol. The van der Waals surface area contributed by atoms with Crippen molar-refractivity contribution in [3.05, 3.63) is 83.9 Å². The zero-order chi connectivity index (χ0) is 21.6. The normalized spacial score (nSPS) is 10.6. The number of aromatic nitrogens is 3. The fourth-order valence-corrected chi connectivity index (χ4v) is 3.73. The molecule has 0 radical (unpaired) electrons. The average Bonchev–Trinajstić information content (AvgIpc) is 3.22. The van der Waals surface area contributed by atoms with Crippen LogP contribution in [0.4, 0.5) is 5.69 Å². The van der Waals surface area contributed by atoms with Crippen molar-refractivity contribution in [2.45, 2.75) is 19.0 Å². The maximum atomic E-state index is 12.3. The van der Waals surface area contributed by atoms with Gasteiger partial charge in [0.05, 0.1) is 5.75 Å². The molecule has 0 aliphatic heterocycles. The Bertz CT molecular complexity index is 1150. The van der Waals surface area contributed by atoms with Gasteiger partial charge < -0.3 is 15.0 Å². The number of nitrogens with one attached hydrogen (secondary N) is 2. The molecule has 0 fully saturated rings. The molecule has 4 aromatic rings. The van der Waals surface area contributed by atoms with Gasteiger partial charge in [-0.2, -0.15) is 0 Å². The molecule has 0 aliphatic carbocycles. The van der Waals surface area contributed by atoms with Gasteiger partial charge >= 0.3 is 0 Å². The van der Waals surface area contributed by atoms with Crippen molar-refractivity contribution in [2.75, 3.05) is 11.1 Å². The summed E-state index contributed by atoms with van der Waals surface area (Å²) in [6.07, 6.45) is 0. The molecule has 0 aliphatic rings. The van der Waals surface area contributed by atoms with Gasteiger partial charge in [-0.15, -0.1) is 10.2 Å². The van der Waals surface area contributed by atoms with Crippen molar-refractivity contribution in [2.24, 2.45) is 0 Å². The predicted octanol–water partition coefficient (Wildman–Crippen LogP) is 5.61. The number of hydrogen-bond donors (Lipinski definition) is 2. The number of aryl methyl sites for hydroxylation is 2. The number of H-pyrrole nitrogens is 1. The number of hydrogen-bond acceptors (Lipinski definition) is 5. The zero-order valence-corrected chi connectivity index (χ0v) is 18.1. The largest absolute Gasteiger partial charge is 0.457 e. The molecule has 1 aromatic heterocycles. The van der Waals surface area contributed by atoms with Crippen molar-refractivity contribution >= 4 is 23.4 Å². The fraction of sp³-hybridized carbons (Fsp3) is 0.125.